The third-order valence-electron chi connectivity index (χ3n) is 3.18. The Hall–Kier alpha value is -2.04. The number of amides is 1. The number of nitrogens with one attached hydrogen (secondary N) is 1. The van der Waals surface area contributed by atoms with E-state index in [9.17, 15) is 9.59 Å². The van der Waals surface area contributed by atoms with Gasteiger partial charge in [0.25, 0.3) is 5.91 Å². The molecule has 1 fully saturated rings. The molecule has 1 amide bonds. The van der Waals surface area contributed by atoms with E-state index in [4.69, 9.17) is 9.47 Å². The molecule has 0 spiro atoms. The Kier molecular flexibility index (Phi) is 4.98. The number of hydrogen-bond acceptors (Lipinski definition) is 4. The highest BCUT2D eigenvalue weighted by molar-refractivity contribution is 5.81. The fourth-order valence-corrected chi connectivity index (χ4v) is 1.86. The van der Waals surface area contributed by atoms with Gasteiger partial charge in [0.2, 0.25) is 0 Å². The number of para-hydroxylation sites is 1. The molecular weight excluding hydrogens is 258 g/mol. The Bertz CT molecular complexity index is 456. The van der Waals surface area contributed by atoms with Crippen molar-refractivity contribution in [3.05, 3.63) is 30.3 Å². The van der Waals surface area contributed by atoms with Crippen LogP contribution < -0.4 is 10.1 Å². The largest absolute Gasteiger partial charge is 0.482 e. The maximum absolute atomic E-state index is 11.5. The van der Waals surface area contributed by atoms with E-state index in [0.717, 1.165) is 12.8 Å². The lowest BCUT2D eigenvalue weighted by atomic mass is 10.2. The van der Waals surface area contributed by atoms with Crippen molar-refractivity contribution in [3.8, 4) is 5.75 Å². The van der Waals surface area contributed by atoms with E-state index in [1.165, 1.54) is 0 Å². The number of rotatable bonds is 7. The zero-order chi connectivity index (χ0) is 14.4. The van der Waals surface area contributed by atoms with Gasteiger partial charge in [-0.05, 0) is 37.8 Å². The van der Waals surface area contributed by atoms with Crippen LogP contribution in [0, 0.1) is 5.92 Å². The van der Waals surface area contributed by atoms with Crippen LogP contribution in [0.15, 0.2) is 30.3 Å². The third-order valence-corrected chi connectivity index (χ3v) is 3.18. The zero-order valence-corrected chi connectivity index (χ0v) is 11.5. The van der Waals surface area contributed by atoms with Gasteiger partial charge in [-0.25, -0.2) is 4.79 Å². The first kappa shape index (κ1) is 14.4. The molecule has 5 nitrogen and oxygen atoms in total. The van der Waals surface area contributed by atoms with Gasteiger partial charge in [0, 0.05) is 6.04 Å². The number of hydrogen-bond donors (Lipinski definition) is 1. The van der Waals surface area contributed by atoms with Gasteiger partial charge < -0.3 is 14.8 Å². The smallest absolute Gasteiger partial charge is 0.344 e. The molecule has 0 heterocycles. The molecule has 2 rings (SSSR count). The molecule has 0 bridgehead atoms. The average molecular weight is 277 g/mol. The van der Waals surface area contributed by atoms with Gasteiger partial charge >= 0.3 is 5.97 Å². The minimum Gasteiger partial charge on any atom is -0.482 e. The van der Waals surface area contributed by atoms with Gasteiger partial charge in [0.05, 0.1) is 0 Å². The van der Waals surface area contributed by atoms with Crippen LogP contribution in [0.2, 0.25) is 0 Å². The molecule has 0 saturated heterocycles. The molecule has 1 aliphatic carbocycles. The Morgan fingerprint density at radius 2 is 1.95 bits per heavy atom. The summed E-state index contributed by atoms with van der Waals surface area (Å²) >= 11 is 0. The predicted molar refractivity (Wildman–Crippen MR) is 73.2 cm³/mol. The molecule has 0 aliphatic heterocycles. The second-order valence-corrected chi connectivity index (χ2v) is 4.96. The summed E-state index contributed by atoms with van der Waals surface area (Å²) in [5, 5.41) is 2.81. The van der Waals surface area contributed by atoms with Crippen molar-refractivity contribution >= 4 is 11.9 Å². The van der Waals surface area contributed by atoms with Crippen LogP contribution >= 0.6 is 0 Å². The Morgan fingerprint density at radius 1 is 1.25 bits per heavy atom. The van der Waals surface area contributed by atoms with Crippen molar-refractivity contribution in [2.75, 3.05) is 13.2 Å². The standard InChI is InChI=1S/C15H19NO4/c1-11(12-7-8-12)16-14(17)9-20-15(18)10-19-13-5-3-2-4-6-13/h2-6,11-12H,7-10H2,1H3,(H,16,17)/t11-/m1/s1. The molecule has 0 aromatic heterocycles. The minimum absolute atomic E-state index is 0.154. The van der Waals surface area contributed by atoms with Crippen LogP contribution in [-0.4, -0.2) is 31.1 Å². The van der Waals surface area contributed by atoms with Crippen molar-refractivity contribution < 1.29 is 19.1 Å². The van der Waals surface area contributed by atoms with Gasteiger partial charge in [-0.15, -0.1) is 0 Å². The predicted octanol–water partition coefficient (Wildman–Crippen LogP) is 1.52. The lowest BCUT2D eigenvalue weighted by molar-refractivity contribution is -0.150. The Labute approximate surface area is 118 Å². The first-order valence-electron chi connectivity index (χ1n) is 6.78. The molecule has 0 radical (unpaired) electrons. The van der Waals surface area contributed by atoms with Crippen molar-refractivity contribution in [1.29, 1.82) is 0 Å². The highest BCUT2D eigenvalue weighted by Gasteiger charge is 2.28. The molecule has 1 saturated carbocycles. The van der Waals surface area contributed by atoms with Gasteiger partial charge in [0.1, 0.15) is 5.75 Å². The van der Waals surface area contributed by atoms with Crippen LogP contribution in [0.25, 0.3) is 0 Å². The van der Waals surface area contributed by atoms with E-state index in [2.05, 4.69) is 5.32 Å². The molecule has 0 unspecified atom stereocenters. The van der Waals surface area contributed by atoms with Crippen molar-refractivity contribution in [3.63, 3.8) is 0 Å². The lowest BCUT2D eigenvalue weighted by Gasteiger charge is -2.12. The summed E-state index contributed by atoms with van der Waals surface area (Å²) in [6.07, 6.45) is 2.32. The molecule has 1 aliphatic rings. The van der Waals surface area contributed by atoms with Crippen molar-refractivity contribution in [1.82, 2.24) is 5.32 Å². The van der Waals surface area contributed by atoms with Gasteiger partial charge in [-0.3, -0.25) is 4.79 Å². The fourth-order valence-electron chi connectivity index (χ4n) is 1.86. The van der Waals surface area contributed by atoms with Gasteiger partial charge in [-0.2, -0.15) is 0 Å². The van der Waals surface area contributed by atoms with Crippen molar-refractivity contribution in [2.24, 2.45) is 5.92 Å². The summed E-state index contributed by atoms with van der Waals surface area (Å²) in [5.41, 5.74) is 0. The van der Waals surface area contributed by atoms with E-state index in [-0.39, 0.29) is 25.2 Å². The minimum atomic E-state index is -0.553. The average Bonchev–Trinajstić information content (AvgIpc) is 3.28. The van der Waals surface area contributed by atoms with Crippen molar-refractivity contribution in [2.45, 2.75) is 25.8 Å². The van der Waals surface area contributed by atoms with E-state index in [0.29, 0.717) is 11.7 Å². The van der Waals surface area contributed by atoms with Crippen LogP contribution in [0.3, 0.4) is 0 Å². The molecular formula is C15H19NO4. The summed E-state index contributed by atoms with van der Waals surface area (Å²) in [7, 11) is 0. The quantitative estimate of drug-likeness (QED) is 0.768. The van der Waals surface area contributed by atoms with E-state index >= 15 is 0 Å². The number of carbonyl (C=O) groups excluding carboxylic acids is 2. The number of ether oxygens (including phenoxy) is 2. The molecule has 1 aromatic rings. The SMILES string of the molecule is C[C@@H](NC(=O)COC(=O)COc1ccccc1)C1CC1. The van der Waals surface area contributed by atoms with Gasteiger partial charge in [-0.1, -0.05) is 18.2 Å². The molecule has 5 heteroatoms. The number of carbonyl (C=O) groups is 2. The van der Waals surface area contributed by atoms with E-state index < -0.39 is 5.97 Å². The number of benzene rings is 1. The van der Waals surface area contributed by atoms with Gasteiger partial charge in [0.15, 0.2) is 13.2 Å². The molecule has 1 N–H and O–H groups in total. The Balaban J connectivity index is 1.60. The summed E-state index contributed by atoms with van der Waals surface area (Å²) in [5.74, 6) is 0.355. The topological polar surface area (TPSA) is 64.6 Å². The van der Waals surface area contributed by atoms with Crippen LogP contribution in [0.1, 0.15) is 19.8 Å². The fraction of sp³-hybridized carbons (Fsp3) is 0.467. The summed E-state index contributed by atoms with van der Waals surface area (Å²) in [4.78, 5) is 23.0. The first-order valence-corrected chi connectivity index (χ1v) is 6.78. The monoisotopic (exact) mass is 277 g/mol. The second-order valence-electron chi connectivity index (χ2n) is 4.96. The third kappa shape index (κ3) is 4.91. The van der Waals surface area contributed by atoms with Crippen LogP contribution in [-0.2, 0) is 14.3 Å². The number of esters is 1. The summed E-state index contributed by atoms with van der Waals surface area (Å²) < 4.78 is 10.1. The first-order chi connectivity index (χ1) is 9.65. The maximum Gasteiger partial charge on any atom is 0.344 e. The summed E-state index contributed by atoms with van der Waals surface area (Å²) in [6.45, 7) is 1.51. The zero-order valence-electron chi connectivity index (χ0n) is 11.5. The normalized spacial score (nSPS) is 15.2. The van der Waals surface area contributed by atoms with Crippen LogP contribution in [0.5, 0.6) is 5.75 Å². The molecule has 1 aromatic carbocycles. The lowest BCUT2D eigenvalue weighted by Crippen LogP contribution is -2.37. The maximum atomic E-state index is 11.5. The second kappa shape index (κ2) is 6.93. The molecule has 1 atom stereocenters. The molecule has 108 valence electrons. The highest BCUT2D eigenvalue weighted by Crippen LogP contribution is 2.32. The van der Waals surface area contributed by atoms with E-state index in [1.807, 2.05) is 25.1 Å². The Morgan fingerprint density at radius 3 is 2.60 bits per heavy atom. The van der Waals surface area contributed by atoms with E-state index in [1.54, 1.807) is 12.1 Å². The van der Waals surface area contributed by atoms with Crippen LogP contribution in [0.4, 0.5) is 0 Å². The molecule has 20 heavy (non-hydrogen) atoms. The highest BCUT2D eigenvalue weighted by atomic mass is 16.6. The summed E-state index contributed by atoms with van der Waals surface area (Å²) in [6, 6.07) is 9.13.